The fourth-order valence-electron chi connectivity index (χ4n) is 3.42. The fraction of sp³-hybridized carbons (Fsp3) is 0.667. The summed E-state index contributed by atoms with van der Waals surface area (Å²) in [7, 11) is 0. The van der Waals surface area contributed by atoms with E-state index in [1.54, 1.807) is 11.3 Å². The number of carboxylic acid groups (broad SMARTS) is 1. The van der Waals surface area contributed by atoms with Crippen molar-refractivity contribution in [2.75, 3.05) is 6.54 Å². The molecule has 1 aromatic heterocycles. The highest BCUT2D eigenvalue weighted by Gasteiger charge is 2.47. The number of carbonyl (C=O) groups is 1. The number of carboxylic acids is 1. The topological polar surface area (TPSA) is 53.4 Å². The third-order valence-corrected chi connectivity index (χ3v) is 4.85. The molecule has 3 unspecified atom stereocenters. The summed E-state index contributed by atoms with van der Waals surface area (Å²) in [6.07, 6.45) is 5.33. The van der Waals surface area contributed by atoms with Gasteiger partial charge in [-0.05, 0) is 24.7 Å². The maximum atomic E-state index is 11.4. The maximum absolute atomic E-state index is 11.4. The van der Waals surface area contributed by atoms with Crippen LogP contribution in [0.5, 0.6) is 0 Å². The lowest BCUT2D eigenvalue weighted by Crippen LogP contribution is -2.38. The fourth-order valence-corrected chi connectivity index (χ4v) is 4.04. The van der Waals surface area contributed by atoms with Crippen LogP contribution < -0.4 is 0 Å². The third kappa shape index (κ3) is 1.98. The molecule has 2 heterocycles. The Labute approximate surface area is 104 Å². The molecule has 0 spiro atoms. The molecule has 0 amide bonds. The van der Waals surface area contributed by atoms with E-state index in [0.717, 1.165) is 24.4 Å². The van der Waals surface area contributed by atoms with E-state index in [0.29, 0.717) is 11.8 Å². The molecule has 1 aromatic rings. The van der Waals surface area contributed by atoms with Crippen LogP contribution in [0.3, 0.4) is 0 Å². The molecular formula is C12H16N2O2S. The molecule has 1 saturated heterocycles. The first-order valence-electron chi connectivity index (χ1n) is 6.10. The van der Waals surface area contributed by atoms with Crippen LogP contribution >= 0.6 is 11.3 Å². The minimum atomic E-state index is -0.649. The maximum Gasteiger partial charge on any atom is 0.321 e. The largest absolute Gasteiger partial charge is 0.480 e. The molecule has 2 fully saturated rings. The van der Waals surface area contributed by atoms with Gasteiger partial charge in [0.15, 0.2) is 0 Å². The standard InChI is InChI=1S/C12H16N2O2S/c15-12(16)11-10-3-1-2-8(10)5-14(11)6-9-4-13-7-17-9/h4,7-8,10-11H,1-3,5-6H2,(H,15,16). The number of nitrogens with zero attached hydrogens (tertiary/aromatic N) is 2. The van der Waals surface area contributed by atoms with E-state index in [2.05, 4.69) is 9.88 Å². The smallest absolute Gasteiger partial charge is 0.321 e. The minimum Gasteiger partial charge on any atom is -0.480 e. The Morgan fingerprint density at radius 1 is 1.59 bits per heavy atom. The molecule has 3 rings (SSSR count). The molecule has 1 aliphatic heterocycles. The average Bonchev–Trinajstić information content (AvgIpc) is 2.92. The first-order chi connectivity index (χ1) is 8.25. The minimum absolute atomic E-state index is 0.274. The molecule has 0 aromatic carbocycles. The molecule has 3 atom stereocenters. The normalized spacial score (nSPS) is 32.8. The zero-order chi connectivity index (χ0) is 11.8. The second-order valence-corrected chi connectivity index (χ2v) is 6.01. The number of rotatable bonds is 3. The number of aliphatic carboxylic acids is 1. The molecule has 2 aliphatic rings. The van der Waals surface area contributed by atoms with E-state index in [1.165, 1.54) is 12.8 Å². The van der Waals surface area contributed by atoms with Crippen molar-refractivity contribution in [2.24, 2.45) is 11.8 Å². The van der Waals surface area contributed by atoms with Gasteiger partial charge in [-0.2, -0.15) is 0 Å². The predicted octanol–water partition coefficient (Wildman–Crippen LogP) is 1.83. The number of likely N-dealkylation sites (tertiary alicyclic amines) is 1. The molecule has 92 valence electrons. The zero-order valence-corrected chi connectivity index (χ0v) is 10.4. The van der Waals surface area contributed by atoms with E-state index in [1.807, 2.05) is 11.7 Å². The summed E-state index contributed by atoms with van der Waals surface area (Å²) in [4.78, 5) is 18.8. The van der Waals surface area contributed by atoms with Crippen molar-refractivity contribution in [1.82, 2.24) is 9.88 Å². The van der Waals surface area contributed by atoms with Gasteiger partial charge in [0, 0.05) is 24.2 Å². The van der Waals surface area contributed by atoms with Crippen molar-refractivity contribution in [3.63, 3.8) is 0 Å². The van der Waals surface area contributed by atoms with Gasteiger partial charge in [-0.3, -0.25) is 14.7 Å². The summed E-state index contributed by atoms with van der Waals surface area (Å²) in [5.41, 5.74) is 1.81. The highest BCUT2D eigenvalue weighted by molar-refractivity contribution is 7.09. The quantitative estimate of drug-likeness (QED) is 0.891. The van der Waals surface area contributed by atoms with E-state index in [-0.39, 0.29) is 6.04 Å². The van der Waals surface area contributed by atoms with Crippen LogP contribution in [0.4, 0.5) is 0 Å². The SMILES string of the molecule is O=C(O)C1C2CCCC2CN1Cc1cncs1. The lowest BCUT2D eigenvalue weighted by atomic mass is 9.94. The second kappa shape index (κ2) is 4.38. The number of fused-ring (bicyclic) bond motifs is 1. The molecule has 4 nitrogen and oxygen atoms in total. The van der Waals surface area contributed by atoms with Gasteiger partial charge in [-0.25, -0.2) is 0 Å². The number of thiazole rings is 1. The van der Waals surface area contributed by atoms with E-state index < -0.39 is 5.97 Å². The molecule has 17 heavy (non-hydrogen) atoms. The Kier molecular flexibility index (Phi) is 2.88. The highest BCUT2D eigenvalue weighted by atomic mass is 32.1. The van der Waals surface area contributed by atoms with Gasteiger partial charge in [0.25, 0.3) is 0 Å². The number of aromatic nitrogens is 1. The van der Waals surface area contributed by atoms with Crippen molar-refractivity contribution in [1.29, 1.82) is 0 Å². The first-order valence-corrected chi connectivity index (χ1v) is 6.98. The van der Waals surface area contributed by atoms with E-state index in [4.69, 9.17) is 0 Å². The van der Waals surface area contributed by atoms with Crippen LogP contribution in [0.15, 0.2) is 11.7 Å². The molecule has 0 radical (unpaired) electrons. The van der Waals surface area contributed by atoms with Crippen LogP contribution in [-0.4, -0.2) is 33.5 Å². The van der Waals surface area contributed by atoms with Crippen LogP contribution in [-0.2, 0) is 11.3 Å². The zero-order valence-electron chi connectivity index (χ0n) is 9.58. The Hall–Kier alpha value is -0.940. The van der Waals surface area contributed by atoms with E-state index >= 15 is 0 Å². The van der Waals surface area contributed by atoms with E-state index in [9.17, 15) is 9.90 Å². The van der Waals surface area contributed by atoms with Crippen molar-refractivity contribution in [3.8, 4) is 0 Å². The van der Waals surface area contributed by atoms with Crippen molar-refractivity contribution in [3.05, 3.63) is 16.6 Å². The summed E-state index contributed by atoms with van der Waals surface area (Å²) in [6, 6.07) is -0.274. The van der Waals surface area contributed by atoms with Gasteiger partial charge in [0.1, 0.15) is 6.04 Å². The summed E-state index contributed by atoms with van der Waals surface area (Å²) < 4.78 is 0. The molecular weight excluding hydrogens is 236 g/mol. The Balaban J connectivity index is 1.77. The second-order valence-electron chi connectivity index (χ2n) is 5.04. The summed E-state index contributed by atoms with van der Waals surface area (Å²) >= 11 is 1.61. The summed E-state index contributed by atoms with van der Waals surface area (Å²) in [6.45, 7) is 1.69. The summed E-state index contributed by atoms with van der Waals surface area (Å²) in [5, 5.41) is 9.41. The van der Waals surface area contributed by atoms with Crippen molar-refractivity contribution < 1.29 is 9.90 Å². The monoisotopic (exact) mass is 252 g/mol. The van der Waals surface area contributed by atoms with Crippen molar-refractivity contribution >= 4 is 17.3 Å². The lowest BCUT2D eigenvalue weighted by molar-refractivity contribution is -0.143. The third-order valence-electron chi connectivity index (χ3n) is 4.08. The average molecular weight is 252 g/mol. The lowest BCUT2D eigenvalue weighted by Gasteiger charge is -2.23. The van der Waals surface area contributed by atoms with Crippen LogP contribution in [0, 0.1) is 11.8 Å². The highest BCUT2D eigenvalue weighted by Crippen LogP contribution is 2.42. The Morgan fingerprint density at radius 2 is 2.47 bits per heavy atom. The predicted molar refractivity (Wildman–Crippen MR) is 64.8 cm³/mol. The van der Waals surface area contributed by atoms with Gasteiger partial charge >= 0.3 is 5.97 Å². The first kappa shape index (κ1) is 11.2. The molecule has 1 aliphatic carbocycles. The van der Waals surface area contributed by atoms with Crippen LogP contribution in [0.2, 0.25) is 0 Å². The van der Waals surface area contributed by atoms with Gasteiger partial charge in [-0.15, -0.1) is 11.3 Å². The van der Waals surface area contributed by atoms with Crippen LogP contribution in [0.25, 0.3) is 0 Å². The number of hydrogen-bond donors (Lipinski definition) is 1. The molecule has 1 N–H and O–H groups in total. The Bertz CT molecular complexity index is 407. The van der Waals surface area contributed by atoms with Gasteiger partial charge in [-0.1, -0.05) is 6.42 Å². The summed E-state index contributed by atoms with van der Waals surface area (Å²) in [5.74, 6) is 0.327. The van der Waals surface area contributed by atoms with Gasteiger partial charge < -0.3 is 5.11 Å². The van der Waals surface area contributed by atoms with Gasteiger partial charge in [0.2, 0.25) is 0 Å². The van der Waals surface area contributed by atoms with Crippen LogP contribution in [0.1, 0.15) is 24.1 Å². The Morgan fingerprint density at radius 3 is 3.18 bits per heavy atom. The molecule has 1 saturated carbocycles. The molecule has 5 heteroatoms. The molecule has 0 bridgehead atoms. The number of hydrogen-bond acceptors (Lipinski definition) is 4. The van der Waals surface area contributed by atoms with Crippen molar-refractivity contribution in [2.45, 2.75) is 31.8 Å². The van der Waals surface area contributed by atoms with Gasteiger partial charge in [0.05, 0.1) is 5.51 Å².